The lowest BCUT2D eigenvalue weighted by Crippen LogP contribution is -2.55. The molecule has 0 aromatic heterocycles. The molecule has 0 spiro atoms. The van der Waals surface area contributed by atoms with E-state index in [2.05, 4.69) is 19.1 Å². The van der Waals surface area contributed by atoms with Crippen LogP contribution in [0.1, 0.15) is 129 Å². The monoisotopic (exact) mass is 442 g/mol. The maximum absolute atomic E-state index is 11.9. The molecule has 0 saturated heterocycles. The fourth-order valence-corrected chi connectivity index (χ4v) is 5.55. The van der Waals surface area contributed by atoms with Gasteiger partial charge < -0.3 is 4.89 Å². The molecule has 3 nitrogen and oxygen atoms in total. The van der Waals surface area contributed by atoms with Crippen molar-refractivity contribution in [3.63, 3.8) is 0 Å². The standard InChI is InChI=1S/C26H53NO2P/c1-6-8-9-10-11-12-13-14-15-16-17-18-19-20-21-22-23-24-25-26(7-2,30(28)29)27(3,4)5/h18-19H,6-17,20-25H2,1-5H3/q+1. The van der Waals surface area contributed by atoms with Gasteiger partial charge in [0.15, 0.2) is 0 Å². The van der Waals surface area contributed by atoms with E-state index in [4.69, 9.17) is 0 Å². The second-order valence-electron chi connectivity index (χ2n) is 10.0. The Hall–Kier alpha value is -0.240. The largest absolute Gasteiger partial charge is 0.590 e. The summed E-state index contributed by atoms with van der Waals surface area (Å²) in [5.74, 6) is 0. The van der Waals surface area contributed by atoms with Crippen molar-refractivity contribution in [2.45, 2.75) is 135 Å². The quantitative estimate of drug-likeness (QED) is 0.0779. The summed E-state index contributed by atoms with van der Waals surface area (Å²) in [6.07, 6.45) is 27.2. The molecule has 0 N–H and O–H groups in total. The van der Waals surface area contributed by atoms with Crippen LogP contribution in [0.5, 0.6) is 0 Å². The summed E-state index contributed by atoms with van der Waals surface area (Å²) in [6.45, 7) is 4.29. The van der Waals surface area contributed by atoms with E-state index in [-0.39, 0.29) is 0 Å². The Labute approximate surface area is 190 Å². The van der Waals surface area contributed by atoms with Gasteiger partial charge in [-0.1, -0.05) is 101 Å². The number of nitrogens with zero attached hydrogens (tertiary/aromatic N) is 1. The third-order valence-electron chi connectivity index (χ3n) is 6.74. The van der Waals surface area contributed by atoms with Crippen molar-refractivity contribution >= 4 is 8.03 Å². The Morgan fingerprint density at radius 3 is 1.47 bits per heavy atom. The van der Waals surface area contributed by atoms with Crippen LogP contribution in [-0.4, -0.2) is 30.9 Å². The van der Waals surface area contributed by atoms with Crippen molar-refractivity contribution in [3.8, 4) is 0 Å². The number of quaternary nitrogens is 1. The fraction of sp³-hybridized carbons (Fsp3) is 0.923. The molecule has 0 radical (unpaired) electrons. The molecule has 0 saturated carbocycles. The van der Waals surface area contributed by atoms with Gasteiger partial charge in [-0.3, -0.25) is 4.48 Å². The van der Waals surface area contributed by atoms with Crippen molar-refractivity contribution in [2.24, 2.45) is 0 Å². The van der Waals surface area contributed by atoms with Crippen LogP contribution in [0.2, 0.25) is 0 Å². The van der Waals surface area contributed by atoms with Crippen molar-refractivity contribution in [3.05, 3.63) is 12.2 Å². The van der Waals surface area contributed by atoms with Gasteiger partial charge in [0.25, 0.3) is 5.28 Å². The summed E-state index contributed by atoms with van der Waals surface area (Å²) >= 11 is 0. The third-order valence-corrected chi connectivity index (χ3v) is 8.56. The van der Waals surface area contributed by atoms with Gasteiger partial charge in [0.05, 0.1) is 21.1 Å². The zero-order chi connectivity index (χ0) is 22.7. The van der Waals surface area contributed by atoms with Crippen molar-refractivity contribution in [2.75, 3.05) is 21.1 Å². The molecule has 4 heteroatoms. The highest BCUT2D eigenvalue weighted by Gasteiger charge is 2.52. The summed E-state index contributed by atoms with van der Waals surface area (Å²) < 4.78 is 12.4. The first-order valence-electron chi connectivity index (χ1n) is 12.9. The predicted molar refractivity (Wildman–Crippen MR) is 132 cm³/mol. The SMILES string of the molecule is CCCCCCCCCCCCC=CCCCCCCC(CC)([P+](=O)[O-])[N+](C)(C)C. The van der Waals surface area contributed by atoms with Crippen molar-refractivity contribution in [1.82, 2.24) is 0 Å². The summed E-state index contributed by atoms with van der Waals surface area (Å²) in [6, 6.07) is 0. The molecular formula is C26H53NO2P+. The molecule has 0 rings (SSSR count). The van der Waals surface area contributed by atoms with Crippen LogP contribution < -0.4 is 4.89 Å². The van der Waals surface area contributed by atoms with Crippen LogP contribution >= 0.6 is 8.03 Å². The highest BCUT2D eigenvalue weighted by atomic mass is 31.1. The average Bonchev–Trinajstić information content (AvgIpc) is 2.68. The Balaban J connectivity index is 3.60. The minimum atomic E-state index is -2.42. The highest BCUT2D eigenvalue weighted by Crippen LogP contribution is 2.44. The van der Waals surface area contributed by atoms with Gasteiger partial charge in [-0.2, -0.15) is 0 Å². The molecule has 0 amide bonds. The lowest BCUT2D eigenvalue weighted by Gasteiger charge is -2.39. The molecule has 0 bridgehead atoms. The number of rotatable bonds is 21. The van der Waals surface area contributed by atoms with Gasteiger partial charge in [-0.25, -0.2) is 0 Å². The van der Waals surface area contributed by atoms with Gasteiger partial charge in [0.2, 0.25) is 0 Å². The van der Waals surface area contributed by atoms with Crippen molar-refractivity contribution in [1.29, 1.82) is 0 Å². The summed E-state index contributed by atoms with van der Waals surface area (Å²) in [5, 5.41) is -0.607. The molecule has 2 atom stereocenters. The molecular weight excluding hydrogens is 389 g/mol. The Morgan fingerprint density at radius 1 is 0.700 bits per heavy atom. The maximum Gasteiger partial charge on any atom is 0.376 e. The van der Waals surface area contributed by atoms with E-state index in [0.717, 1.165) is 19.3 Å². The predicted octanol–water partition coefficient (Wildman–Crippen LogP) is 8.11. The van der Waals surface area contributed by atoms with Crippen LogP contribution in [-0.2, 0) is 4.57 Å². The van der Waals surface area contributed by atoms with E-state index in [1.807, 2.05) is 28.1 Å². The summed E-state index contributed by atoms with van der Waals surface area (Å²) in [7, 11) is 3.60. The second kappa shape index (κ2) is 18.3. The number of unbranched alkanes of at least 4 members (excludes halogenated alkanes) is 14. The molecule has 0 aliphatic carbocycles. The molecule has 0 heterocycles. The normalized spacial score (nSPS) is 14.9. The summed E-state index contributed by atoms with van der Waals surface area (Å²) in [5.41, 5.74) is 0. The molecule has 0 aliphatic rings. The zero-order valence-electron chi connectivity index (χ0n) is 21.1. The number of hydrogen-bond acceptors (Lipinski definition) is 2. The van der Waals surface area contributed by atoms with Gasteiger partial charge in [-0.15, -0.1) is 0 Å². The van der Waals surface area contributed by atoms with E-state index < -0.39 is 13.3 Å². The van der Waals surface area contributed by atoms with Gasteiger partial charge in [0, 0.05) is 12.8 Å². The van der Waals surface area contributed by atoms with Crippen LogP contribution in [0.3, 0.4) is 0 Å². The molecule has 30 heavy (non-hydrogen) atoms. The highest BCUT2D eigenvalue weighted by molar-refractivity contribution is 7.38. The van der Waals surface area contributed by atoms with Gasteiger partial charge in [0.1, 0.15) is 0 Å². The molecule has 0 aliphatic heterocycles. The lowest BCUT2D eigenvalue weighted by atomic mass is 10.0. The fourth-order valence-electron chi connectivity index (χ4n) is 4.46. The molecule has 178 valence electrons. The van der Waals surface area contributed by atoms with E-state index in [1.54, 1.807) is 0 Å². The minimum Gasteiger partial charge on any atom is -0.590 e. The first-order chi connectivity index (χ1) is 14.3. The first-order valence-corrected chi connectivity index (χ1v) is 14.1. The van der Waals surface area contributed by atoms with Crippen LogP contribution in [0.4, 0.5) is 0 Å². The average molecular weight is 443 g/mol. The van der Waals surface area contributed by atoms with Crippen molar-refractivity contribution < 1.29 is 13.9 Å². The maximum atomic E-state index is 11.9. The lowest BCUT2D eigenvalue weighted by molar-refractivity contribution is -0.910. The number of allylic oxidation sites excluding steroid dienone is 2. The van der Waals surface area contributed by atoms with Gasteiger partial charge in [-0.05, 0) is 32.1 Å². The Morgan fingerprint density at radius 2 is 1.10 bits per heavy atom. The zero-order valence-corrected chi connectivity index (χ0v) is 22.0. The van der Waals surface area contributed by atoms with Crippen LogP contribution in [0.15, 0.2) is 12.2 Å². The van der Waals surface area contributed by atoms with E-state index in [9.17, 15) is 9.46 Å². The van der Waals surface area contributed by atoms with Crippen LogP contribution in [0.25, 0.3) is 0 Å². The van der Waals surface area contributed by atoms with Gasteiger partial charge >= 0.3 is 8.03 Å². The Kier molecular flexibility index (Phi) is 18.2. The van der Waals surface area contributed by atoms with E-state index >= 15 is 0 Å². The molecule has 0 aromatic carbocycles. The Bertz CT molecular complexity index is 445. The van der Waals surface area contributed by atoms with E-state index in [0.29, 0.717) is 10.9 Å². The third kappa shape index (κ3) is 13.2. The molecule has 2 unspecified atom stereocenters. The van der Waals surface area contributed by atoms with Crippen LogP contribution in [0, 0.1) is 0 Å². The molecule has 0 fully saturated rings. The molecule has 0 aromatic rings. The van der Waals surface area contributed by atoms with E-state index in [1.165, 1.54) is 89.9 Å². The second-order valence-corrected chi connectivity index (χ2v) is 11.3. The summed E-state index contributed by atoms with van der Waals surface area (Å²) in [4.78, 5) is 11.9. The topological polar surface area (TPSA) is 40.1 Å². The number of hydrogen-bond donors (Lipinski definition) is 0. The minimum absolute atomic E-state index is 0.504. The smallest absolute Gasteiger partial charge is 0.376 e. The first kappa shape index (κ1) is 29.8.